The number of hydrogen-bond donors (Lipinski definition) is 0. The van der Waals surface area contributed by atoms with Crippen LogP contribution in [0.25, 0.3) is 0 Å². The molecule has 1 radical (unpaired) electrons. The lowest BCUT2D eigenvalue weighted by Gasteiger charge is -1.99. The minimum Gasteiger partial charge on any atom is -0.487 e. The van der Waals surface area contributed by atoms with Gasteiger partial charge < -0.3 is 4.74 Å². The monoisotopic (exact) mass is 139 g/mol. The molecule has 0 heterocycles. The average molecular weight is 139 g/mol. The molecule has 53 valence electrons. The van der Waals surface area contributed by atoms with E-state index in [0.717, 1.165) is 0 Å². The van der Waals surface area contributed by atoms with Crippen molar-refractivity contribution in [1.82, 2.24) is 0 Å². The first kappa shape index (κ1) is 7.06. The van der Waals surface area contributed by atoms with Crippen molar-refractivity contribution < 1.29 is 9.13 Å². The second kappa shape index (κ2) is 3.20. The van der Waals surface area contributed by atoms with Crippen LogP contribution in [0.2, 0.25) is 0 Å². The number of ether oxygens (including phenoxy) is 1. The lowest BCUT2D eigenvalue weighted by atomic mass is 10.3. The summed E-state index contributed by atoms with van der Waals surface area (Å²) in [6.07, 6.45) is 0. The average Bonchev–Trinajstić information content (AvgIpc) is 1.88. The fourth-order valence-corrected chi connectivity index (χ4v) is 0.676. The van der Waals surface area contributed by atoms with Gasteiger partial charge in [0.25, 0.3) is 0 Å². The van der Waals surface area contributed by atoms with E-state index in [1.54, 1.807) is 19.1 Å². The van der Waals surface area contributed by atoms with Crippen LogP contribution in [0.1, 0.15) is 6.92 Å². The Morgan fingerprint density at radius 1 is 1.50 bits per heavy atom. The van der Waals surface area contributed by atoms with Gasteiger partial charge in [-0.15, -0.1) is 0 Å². The maximum Gasteiger partial charge on any atom is 0.132 e. The second-order valence-electron chi connectivity index (χ2n) is 1.81. The van der Waals surface area contributed by atoms with Gasteiger partial charge in [0.05, 0.1) is 0 Å². The van der Waals surface area contributed by atoms with E-state index in [4.69, 9.17) is 4.74 Å². The first-order chi connectivity index (χ1) is 4.83. The third-order valence-corrected chi connectivity index (χ3v) is 1.05. The fourth-order valence-electron chi connectivity index (χ4n) is 0.676. The predicted octanol–water partition coefficient (Wildman–Crippen LogP) is 2.39. The predicted molar refractivity (Wildman–Crippen MR) is 37.0 cm³/mol. The highest BCUT2D eigenvalue weighted by Crippen LogP contribution is 2.11. The normalized spacial score (nSPS) is 9.40. The number of halogens is 1. The van der Waals surface area contributed by atoms with Crippen molar-refractivity contribution in [3.05, 3.63) is 36.7 Å². The van der Waals surface area contributed by atoms with Crippen LogP contribution in [0.15, 0.2) is 24.3 Å². The largest absolute Gasteiger partial charge is 0.487 e. The second-order valence-corrected chi connectivity index (χ2v) is 1.81. The van der Waals surface area contributed by atoms with Crippen LogP contribution in [0, 0.1) is 12.4 Å². The lowest BCUT2D eigenvalue weighted by Crippen LogP contribution is -1.85. The summed E-state index contributed by atoms with van der Waals surface area (Å²) < 4.78 is 17.3. The Morgan fingerprint density at radius 2 is 2.30 bits per heavy atom. The smallest absolute Gasteiger partial charge is 0.132 e. The lowest BCUT2D eigenvalue weighted by molar-refractivity contribution is 0.413. The Bertz CT molecular complexity index is 210. The molecule has 0 amide bonds. The molecule has 0 spiro atoms. The van der Waals surface area contributed by atoms with Gasteiger partial charge in [0, 0.05) is 6.07 Å². The van der Waals surface area contributed by atoms with Crippen molar-refractivity contribution in [2.45, 2.75) is 6.92 Å². The summed E-state index contributed by atoms with van der Waals surface area (Å²) >= 11 is 0. The Balaban J connectivity index is 2.75. The molecule has 0 saturated carbocycles. The zero-order chi connectivity index (χ0) is 7.40. The molecule has 0 aliphatic carbocycles. The van der Waals surface area contributed by atoms with E-state index in [9.17, 15) is 4.39 Å². The summed E-state index contributed by atoms with van der Waals surface area (Å²) in [5, 5.41) is 0. The Morgan fingerprint density at radius 3 is 2.90 bits per heavy atom. The minimum atomic E-state index is -0.278. The summed E-state index contributed by atoms with van der Waals surface area (Å²) in [6.45, 7) is 3.25. The molecule has 0 unspecified atom stereocenters. The van der Waals surface area contributed by atoms with Crippen molar-refractivity contribution in [2.24, 2.45) is 0 Å². The van der Waals surface area contributed by atoms with Gasteiger partial charge in [0.1, 0.15) is 18.2 Å². The maximum absolute atomic E-state index is 12.4. The molecule has 1 rings (SSSR count). The van der Waals surface area contributed by atoms with Gasteiger partial charge >= 0.3 is 0 Å². The summed E-state index contributed by atoms with van der Waals surface area (Å²) in [6, 6.07) is 6.01. The van der Waals surface area contributed by atoms with Crippen LogP contribution in [0.4, 0.5) is 4.39 Å². The van der Waals surface area contributed by atoms with E-state index in [2.05, 4.69) is 0 Å². The molecule has 0 aliphatic heterocycles. The van der Waals surface area contributed by atoms with Crippen molar-refractivity contribution in [3.8, 4) is 5.75 Å². The molecule has 2 heteroatoms. The van der Waals surface area contributed by atoms with E-state index >= 15 is 0 Å². The summed E-state index contributed by atoms with van der Waals surface area (Å²) in [4.78, 5) is 0. The quantitative estimate of drug-likeness (QED) is 0.611. The SMILES string of the molecule is C[CH]Oc1cccc(F)c1. The fraction of sp³-hybridized carbons (Fsp3) is 0.125. The molecule has 1 nitrogen and oxygen atoms in total. The van der Waals surface area contributed by atoms with Crippen LogP contribution in [0.3, 0.4) is 0 Å². The first-order valence-corrected chi connectivity index (χ1v) is 3.03. The molecule has 0 aliphatic rings. The molecule has 0 saturated heterocycles. The number of benzene rings is 1. The van der Waals surface area contributed by atoms with E-state index in [-0.39, 0.29) is 5.82 Å². The van der Waals surface area contributed by atoms with Crippen molar-refractivity contribution in [2.75, 3.05) is 0 Å². The first-order valence-electron chi connectivity index (χ1n) is 3.03. The number of hydrogen-bond acceptors (Lipinski definition) is 1. The van der Waals surface area contributed by atoms with Gasteiger partial charge in [-0.1, -0.05) is 6.07 Å². The molecule has 0 atom stereocenters. The maximum atomic E-state index is 12.4. The molecule has 0 aromatic heterocycles. The molecule has 0 N–H and O–H groups in total. The van der Waals surface area contributed by atoms with E-state index in [1.807, 2.05) is 0 Å². The summed E-state index contributed by atoms with van der Waals surface area (Å²) in [5.41, 5.74) is 0. The van der Waals surface area contributed by atoms with Gasteiger partial charge in [-0.25, -0.2) is 4.39 Å². The van der Waals surface area contributed by atoms with Gasteiger partial charge in [0.2, 0.25) is 0 Å². The highest BCUT2D eigenvalue weighted by molar-refractivity contribution is 5.22. The molecule has 0 fully saturated rings. The minimum absolute atomic E-state index is 0.278. The standard InChI is InChI=1S/C8H8FO/c1-2-10-8-5-3-4-7(9)6-8/h2-6H,1H3. The van der Waals surface area contributed by atoms with Crippen LogP contribution in [-0.4, -0.2) is 0 Å². The van der Waals surface area contributed by atoms with Gasteiger partial charge in [-0.05, 0) is 19.1 Å². The van der Waals surface area contributed by atoms with Crippen LogP contribution < -0.4 is 4.74 Å². The molecule has 10 heavy (non-hydrogen) atoms. The third-order valence-electron chi connectivity index (χ3n) is 1.05. The highest BCUT2D eigenvalue weighted by Gasteiger charge is 1.92. The van der Waals surface area contributed by atoms with Crippen LogP contribution in [-0.2, 0) is 0 Å². The topological polar surface area (TPSA) is 9.23 Å². The Labute approximate surface area is 59.4 Å². The Hall–Kier alpha value is -1.05. The van der Waals surface area contributed by atoms with Crippen molar-refractivity contribution in [1.29, 1.82) is 0 Å². The zero-order valence-electron chi connectivity index (χ0n) is 5.67. The Kier molecular flexibility index (Phi) is 2.26. The van der Waals surface area contributed by atoms with Crippen LogP contribution in [0.5, 0.6) is 5.75 Å². The molecule has 0 bridgehead atoms. The zero-order valence-corrected chi connectivity index (χ0v) is 5.67. The molecule has 1 aromatic rings. The third kappa shape index (κ3) is 1.72. The summed E-state index contributed by atoms with van der Waals surface area (Å²) in [7, 11) is 0. The van der Waals surface area contributed by atoms with E-state index in [0.29, 0.717) is 5.75 Å². The molecular formula is C8H8FO. The molecule has 1 aromatic carbocycles. The van der Waals surface area contributed by atoms with Crippen molar-refractivity contribution in [3.63, 3.8) is 0 Å². The molecular weight excluding hydrogens is 131 g/mol. The summed E-state index contributed by atoms with van der Waals surface area (Å²) in [5.74, 6) is 0.252. The van der Waals surface area contributed by atoms with Gasteiger partial charge in [-0.2, -0.15) is 0 Å². The van der Waals surface area contributed by atoms with E-state index < -0.39 is 0 Å². The number of rotatable bonds is 2. The van der Waals surface area contributed by atoms with Crippen molar-refractivity contribution >= 4 is 0 Å². The van der Waals surface area contributed by atoms with E-state index in [1.165, 1.54) is 18.7 Å². The highest BCUT2D eigenvalue weighted by atomic mass is 19.1. The van der Waals surface area contributed by atoms with Gasteiger partial charge in [0.15, 0.2) is 0 Å². The van der Waals surface area contributed by atoms with Crippen LogP contribution >= 0.6 is 0 Å². The van der Waals surface area contributed by atoms with Gasteiger partial charge in [-0.3, -0.25) is 0 Å².